The van der Waals surface area contributed by atoms with E-state index in [4.69, 9.17) is 5.73 Å². The summed E-state index contributed by atoms with van der Waals surface area (Å²) in [5.41, 5.74) is 3.45. The van der Waals surface area contributed by atoms with Crippen molar-refractivity contribution in [1.82, 2.24) is 30.7 Å². The highest BCUT2D eigenvalue weighted by Gasteiger charge is 2.36. The predicted octanol–water partition coefficient (Wildman–Crippen LogP) is 2.03. The lowest BCUT2D eigenvalue weighted by molar-refractivity contribution is -0.143. The van der Waals surface area contributed by atoms with Crippen LogP contribution in [0.15, 0.2) is 34.1 Å². The van der Waals surface area contributed by atoms with E-state index in [1.165, 1.54) is 0 Å². The second kappa shape index (κ2) is 7.45. The Labute approximate surface area is 161 Å². The number of amides is 1. The van der Waals surface area contributed by atoms with Crippen molar-refractivity contribution in [3.8, 4) is 5.82 Å². The molecule has 0 spiro atoms. The zero-order valence-corrected chi connectivity index (χ0v) is 14.2. The molecule has 3 N–H and O–H groups in total. The van der Waals surface area contributed by atoms with Crippen molar-refractivity contribution in [2.75, 3.05) is 5.73 Å². The first kappa shape index (κ1) is 20.7. The van der Waals surface area contributed by atoms with Crippen LogP contribution in [-0.4, -0.2) is 37.4 Å². The lowest BCUT2D eigenvalue weighted by Gasteiger charge is -2.12. The number of benzene rings is 1. The summed E-state index contributed by atoms with van der Waals surface area (Å²) < 4.78 is 82.3. The molecule has 0 saturated heterocycles. The number of hydrogen-bond acceptors (Lipinski definition) is 8. The molecular weight excluding hydrogens is 426 g/mol. The largest absolute Gasteiger partial charge is 0.416 e. The van der Waals surface area contributed by atoms with Crippen LogP contribution in [0.25, 0.3) is 5.82 Å². The van der Waals surface area contributed by atoms with Crippen molar-refractivity contribution in [3.05, 3.63) is 46.8 Å². The van der Waals surface area contributed by atoms with Crippen LogP contribution in [0.2, 0.25) is 0 Å². The maximum atomic E-state index is 12.8. The van der Waals surface area contributed by atoms with Crippen molar-refractivity contribution < 1.29 is 35.8 Å². The van der Waals surface area contributed by atoms with Crippen LogP contribution in [0.5, 0.6) is 0 Å². The van der Waals surface area contributed by atoms with Crippen LogP contribution in [0.1, 0.15) is 27.2 Å². The van der Waals surface area contributed by atoms with Crippen molar-refractivity contribution in [2.24, 2.45) is 5.10 Å². The van der Waals surface area contributed by atoms with Crippen LogP contribution >= 0.6 is 0 Å². The Kier molecular flexibility index (Phi) is 5.15. The Bertz CT molecular complexity index is 1070. The molecule has 0 atom stereocenters. The third-order valence-electron chi connectivity index (χ3n) is 3.43. The van der Waals surface area contributed by atoms with E-state index in [9.17, 15) is 31.1 Å². The van der Waals surface area contributed by atoms with Crippen molar-refractivity contribution in [1.29, 1.82) is 0 Å². The van der Waals surface area contributed by atoms with E-state index in [0.717, 1.165) is 10.9 Å². The molecule has 2 heterocycles. The van der Waals surface area contributed by atoms with Crippen LogP contribution in [0.3, 0.4) is 0 Å². The van der Waals surface area contributed by atoms with Gasteiger partial charge in [-0.25, -0.2) is 10.1 Å². The van der Waals surface area contributed by atoms with Crippen LogP contribution in [0.4, 0.5) is 32.2 Å². The number of nitrogens with one attached hydrogen (secondary N) is 1. The van der Waals surface area contributed by atoms with E-state index < -0.39 is 35.0 Å². The fourth-order valence-corrected chi connectivity index (χ4v) is 2.10. The van der Waals surface area contributed by atoms with Gasteiger partial charge < -0.3 is 5.73 Å². The predicted molar refractivity (Wildman–Crippen MR) is 85.1 cm³/mol. The van der Waals surface area contributed by atoms with Gasteiger partial charge in [-0.3, -0.25) is 4.79 Å². The number of alkyl halides is 6. The molecule has 0 aliphatic carbocycles. The Morgan fingerprint density at radius 1 is 1.10 bits per heavy atom. The van der Waals surface area contributed by atoms with Gasteiger partial charge in [-0.15, -0.1) is 5.10 Å². The smallest absolute Gasteiger partial charge is 0.378 e. The van der Waals surface area contributed by atoms with Crippen LogP contribution < -0.4 is 11.2 Å². The van der Waals surface area contributed by atoms with Gasteiger partial charge in [0, 0.05) is 0 Å². The summed E-state index contributed by atoms with van der Waals surface area (Å²) >= 11 is 0. The van der Waals surface area contributed by atoms with E-state index in [2.05, 4.69) is 30.4 Å². The lowest BCUT2D eigenvalue weighted by atomic mass is 10.1. The molecule has 3 rings (SSSR count). The number of nitrogen functional groups attached to an aromatic ring is 1. The summed E-state index contributed by atoms with van der Waals surface area (Å²) in [4.78, 5) is 12.0. The van der Waals surface area contributed by atoms with Crippen molar-refractivity contribution >= 4 is 17.9 Å². The Hall–Kier alpha value is -3.98. The summed E-state index contributed by atoms with van der Waals surface area (Å²) in [6, 6.07) is 0.863. The van der Waals surface area contributed by atoms with Crippen LogP contribution in [-0.2, 0) is 12.4 Å². The summed E-state index contributed by atoms with van der Waals surface area (Å²) in [7, 11) is 0. The zero-order valence-electron chi connectivity index (χ0n) is 14.2. The number of anilines is 1. The summed E-state index contributed by atoms with van der Waals surface area (Å²) in [6.45, 7) is 0. The van der Waals surface area contributed by atoms with E-state index in [1.54, 1.807) is 0 Å². The van der Waals surface area contributed by atoms with Crippen molar-refractivity contribution in [2.45, 2.75) is 12.4 Å². The van der Waals surface area contributed by atoms with Gasteiger partial charge in [0.1, 0.15) is 0 Å². The topological polar surface area (TPSA) is 137 Å². The molecule has 16 heteroatoms. The number of halogens is 6. The highest BCUT2D eigenvalue weighted by molar-refractivity contribution is 5.92. The minimum atomic E-state index is -5.01. The van der Waals surface area contributed by atoms with Gasteiger partial charge in [0.05, 0.1) is 23.5 Å². The van der Waals surface area contributed by atoms with Gasteiger partial charge >= 0.3 is 12.4 Å². The number of rotatable bonds is 4. The maximum Gasteiger partial charge on any atom is 0.416 e. The van der Waals surface area contributed by atoms with Gasteiger partial charge in [0.25, 0.3) is 5.91 Å². The molecule has 30 heavy (non-hydrogen) atoms. The van der Waals surface area contributed by atoms with Gasteiger partial charge in [-0.05, 0) is 34.1 Å². The SMILES string of the molecule is Nc1nonc1-n1cc(C(=O)NN=Cc2cc(C(F)(F)F)cc(C(F)(F)F)c2)nn1. The third kappa shape index (κ3) is 4.53. The Morgan fingerprint density at radius 3 is 2.27 bits per heavy atom. The van der Waals surface area contributed by atoms with E-state index in [1.807, 2.05) is 5.43 Å². The molecule has 0 aliphatic rings. The number of hydrogen-bond donors (Lipinski definition) is 2. The standard InChI is InChI=1S/C14H8F6N8O2/c15-13(16,17)7-1-6(2-8(3-7)14(18,19)20)4-22-24-12(29)9-5-28(27-23-9)11-10(21)25-30-26-11/h1-5H,(H2,21,25)(H,24,29). The minimum absolute atomic E-state index is 0.0291. The molecule has 1 amide bonds. The first-order valence-corrected chi connectivity index (χ1v) is 7.59. The van der Waals surface area contributed by atoms with E-state index in [0.29, 0.717) is 18.3 Å². The average Bonchev–Trinajstić information content (AvgIpc) is 3.28. The van der Waals surface area contributed by atoms with E-state index >= 15 is 0 Å². The molecule has 10 nitrogen and oxygen atoms in total. The number of hydrazone groups is 1. The maximum absolute atomic E-state index is 12.8. The highest BCUT2D eigenvalue weighted by Crippen LogP contribution is 2.36. The number of nitrogens with two attached hydrogens (primary N) is 1. The second-order valence-corrected chi connectivity index (χ2v) is 5.56. The molecule has 0 saturated carbocycles. The summed E-state index contributed by atoms with van der Waals surface area (Å²) in [5, 5.41) is 17.1. The average molecular weight is 434 g/mol. The van der Waals surface area contributed by atoms with E-state index in [-0.39, 0.29) is 23.4 Å². The molecule has 3 aromatic rings. The lowest BCUT2D eigenvalue weighted by Crippen LogP contribution is -2.18. The fraction of sp³-hybridized carbons (Fsp3) is 0.143. The Balaban J connectivity index is 1.77. The molecule has 0 fully saturated rings. The van der Waals surface area contributed by atoms with Gasteiger partial charge in [-0.2, -0.15) is 36.1 Å². The van der Waals surface area contributed by atoms with Gasteiger partial charge in [-0.1, -0.05) is 5.21 Å². The number of carbonyl (C=O) groups is 1. The molecular formula is C14H8F6N8O2. The third-order valence-corrected chi connectivity index (χ3v) is 3.43. The fourth-order valence-electron chi connectivity index (χ4n) is 2.10. The monoisotopic (exact) mass is 434 g/mol. The molecule has 2 aromatic heterocycles. The normalized spacial score (nSPS) is 12.5. The van der Waals surface area contributed by atoms with Gasteiger partial charge in [0.2, 0.25) is 11.6 Å². The first-order chi connectivity index (χ1) is 13.9. The highest BCUT2D eigenvalue weighted by atomic mass is 19.4. The molecule has 1 aromatic carbocycles. The second-order valence-electron chi connectivity index (χ2n) is 5.56. The number of carbonyl (C=O) groups excluding carboxylic acids is 1. The number of nitrogens with zero attached hydrogens (tertiary/aromatic N) is 6. The molecule has 0 aliphatic heterocycles. The molecule has 0 unspecified atom stereocenters. The summed E-state index contributed by atoms with van der Waals surface area (Å²) in [6.07, 6.45) is -8.34. The quantitative estimate of drug-likeness (QED) is 0.364. The molecule has 158 valence electrons. The van der Waals surface area contributed by atoms with Crippen molar-refractivity contribution in [3.63, 3.8) is 0 Å². The molecule has 0 radical (unpaired) electrons. The minimum Gasteiger partial charge on any atom is -0.378 e. The zero-order chi connectivity index (χ0) is 22.1. The van der Waals surface area contributed by atoms with Crippen LogP contribution in [0, 0.1) is 0 Å². The first-order valence-electron chi connectivity index (χ1n) is 7.59. The number of aromatic nitrogens is 5. The summed E-state index contributed by atoms with van der Waals surface area (Å²) in [5.74, 6) is -1.17. The van der Waals surface area contributed by atoms with Gasteiger partial charge in [0.15, 0.2) is 5.69 Å². The Morgan fingerprint density at radius 2 is 1.73 bits per heavy atom. The molecule has 0 bridgehead atoms.